The summed E-state index contributed by atoms with van der Waals surface area (Å²) in [5.41, 5.74) is 4.86. The Morgan fingerprint density at radius 2 is 1.92 bits per heavy atom. The Balaban J connectivity index is 1.05. The van der Waals surface area contributed by atoms with Gasteiger partial charge in [0.2, 0.25) is 5.91 Å². The minimum absolute atomic E-state index is 0.00557. The summed E-state index contributed by atoms with van der Waals surface area (Å²) >= 11 is 0. The first-order valence-electron chi connectivity index (χ1n) is 18.0. The van der Waals surface area contributed by atoms with Gasteiger partial charge in [-0.25, -0.2) is 29.0 Å². The summed E-state index contributed by atoms with van der Waals surface area (Å²) in [6.45, 7) is 4.22. The van der Waals surface area contributed by atoms with Crippen LogP contribution in [0, 0.1) is 5.82 Å². The molecule has 2 fully saturated rings. The van der Waals surface area contributed by atoms with Crippen LogP contribution in [-0.4, -0.2) is 122 Å². The average Bonchev–Trinajstić information content (AvgIpc) is 3.91. The molecule has 2 aromatic carbocycles. The molecule has 1 unspecified atom stereocenters. The fourth-order valence-corrected chi connectivity index (χ4v) is 7.79. The van der Waals surface area contributed by atoms with Crippen LogP contribution in [0.4, 0.5) is 16.0 Å². The van der Waals surface area contributed by atoms with Crippen LogP contribution in [0.5, 0.6) is 5.75 Å². The predicted molar refractivity (Wildman–Crippen MR) is 198 cm³/mol. The van der Waals surface area contributed by atoms with E-state index in [1.807, 2.05) is 55.7 Å². The molecule has 272 valence electrons. The van der Waals surface area contributed by atoms with Gasteiger partial charge in [0.1, 0.15) is 54.0 Å². The molecule has 4 bridgehead atoms. The number of fused-ring (bicyclic) bond motifs is 6. The smallest absolute Gasteiger partial charge is 0.245 e. The maximum absolute atomic E-state index is 14.6. The van der Waals surface area contributed by atoms with E-state index in [9.17, 15) is 9.18 Å². The Morgan fingerprint density at radius 1 is 1.02 bits per heavy atom. The van der Waals surface area contributed by atoms with Crippen molar-refractivity contribution in [1.29, 1.82) is 0 Å². The summed E-state index contributed by atoms with van der Waals surface area (Å²) in [7, 11) is 3.90. The number of nitrogens with one attached hydrogen (secondary N) is 1. The average molecular weight is 718 g/mol. The van der Waals surface area contributed by atoms with Gasteiger partial charge in [0.05, 0.1) is 41.2 Å². The van der Waals surface area contributed by atoms with Crippen molar-refractivity contribution in [3.05, 3.63) is 79.3 Å². The van der Waals surface area contributed by atoms with Crippen molar-refractivity contribution >= 4 is 39.6 Å². The number of hydrogen-bond acceptors (Lipinski definition) is 11. The van der Waals surface area contributed by atoms with E-state index in [0.717, 1.165) is 47.6 Å². The van der Waals surface area contributed by atoms with Gasteiger partial charge in [-0.15, -0.1) is 0 Å². The molecule has 3 aliphatic heterocycles. The van der Waals surface area contributed by atoms with E-state index in [4.69, 9.17) is 24.5 Å². The summed E-state index contributed by atoms with van der Waals surface area (Å²) in [5.74, 6) is 1.23. The molecular formula is C38H40FN11O3. The third kappa shape index (κ3) is 6.29. The van der Waals surface area contributed by atoms with Crippen molar-refractivity contribution in [3.63, 3.8) is 0 Å². The highest BCUT2D eigenvalue weighted by Crippen LogP contribution is 2.35. The molecule has 1 amide bonds. The van der Waals surface area contributed by atoms with Gasteiger partial charge in [-0.3, -0.25) is 4.79 Å². The van der Waals surface area contributed by atoms with Crippen LogP contribution in [0.15, 0.2) is 73.4 Å². The third-order valence-corrected chi connectivity index (χ3v) is 10.4. The van der Waals surface area contributed by atoms with E-state index >= 15 is 0 Å². The second-order valence-corrected chi connectivity index (χ2v) is 14.0. The fraction of sp³-hybridized carbons (Fsp3) is 0.368. The second kappa shape index (κ2) is 13.7. The number of likely N-dealkylation sites (N-methyl/N-ethyl adjacent to an activating group) is 2. The number of hydrogen-bond donors (Lipinski definition) is 1. The van der Waals surface area contributed by atoms with Gasteiger partial charge in [-0.2, -0.15) is 5.10 Å². The number of benzene rings is 2. The highest BCUT2D eigenvalue weighted by molar-refractivity contribution is 5.93. The molecule has 6 aromatic rings. The van der Waals surface area contributed by atoms with Crippen LogP contribution in [0.3, 0.4) is 0 Å². The third-order valence-electron chi connectivity index (χ3n) is 10.4. The van der Waals surface area contributed by atoms with E-state index < -0.39 is 11.9 Å². The van der Waals surface area contributed by atoms with Crippen LogP contribution in [0.1, 0.15) is 12.8 Å². The highest BCUT2D eigenvalue weighted by Gasteiger charge is 2.40. The summed E-state index contributed by atoms with van der Waals surface area (Å²) in [6, 6.07) is 15.8. The summed E-state index contributed by atoms with van der Waals surface area (Å²) in [6.07, 6.45) is 6.20. The number of ether oxygens (including phenoxy) is 2. The zero-order valence-corrected chi connectivity index (χ0v) is 29.6. The van der Waals surface area contributed by atoms with E-state index in [1.165, 1.54) is 18.5 Å². The molecule has 4 aromatic heterocycles. The molecule has 3 aliphatic rings. The van der Waals surface area contributed by atoms with Gasteiger partial charge in [0, 0.05) is 57.4 Å². The number of pyridine rings is 1. The number of aromatic nitrogens is 7. The second-order valence-electron chi connectivity index (χ2n) is 14.0. The predicted octanol–water partition coefficient (Wildman–Crippen LogP) is 4.00. The van der Waals surface area contributed by atoms with Crippen molar-refractivity contribution in [3.8, 4) is 22.7 Å². The minimum Gasteiger partial charge on any atom is -0.488 e. The SMILES string of the molecule is CN1CCOC(COc2cc(F)ccc2-n2ncc3c(N4C[C@@H]5C[C@H]4C(=O)N(C)CCCn4cnc6cccc(c64)-c4cccc(n4)N5)ncnc32)C1. The van der Waals surface area contributed by atoms with E-state index in [2.05, 4.69) is 35.7 Å². The molecule has 9 rings (SSSR count). The quantitative estimate of drug-likeness (QED) is 0.278. The van der Waals surface area contributed by atoms with Crippen molar-refractivity contribution in [2.24, 2.45) is 0 Å². The van der Waals surface area contributed by atoms with Gasteiger partial charge < -0.3 is 34.1 Å². The molecule has 3 atom stereocenters. The van der Waals surface area contributed by atoms with Crippen molar-refractivity contribution in [1.82, 2.24) is 44.1 Å². The first-order valence-corrected chi connectivity index (χ1v) is 18.0. The Labute approximate surface area is 305 Å². The van der Waals surface area contributed by atoms with Crippen LogP contribution in [-0.2, 0) is 16.1 Å². The number of nitrogens with zero attached hydrogens (tertiary/aromatic N) is 10. The van der Waals surface area contributed by atoms with E-state index in [1.54, 1.807) is 16.9 Å². The number of morpholine rings is 1. The molecule has 2 saturated heterocycles. The number of imidazole rings is 1. The lowest BCUT2D eigenvalue weighted by molar-refractivity contribution is -0.131. The maximum atomic E-state index is 14.6. The largest absolute Gasteiger partial charge is 0.488 e. The van der Waals surface area contributed by atoms with Gasteiger partial charge in [-0.05, 0) is 50.2 Å². The van der Waals surface area contributed by atoms with Crippen molar-refractivity contribution < 1.29 is 18.7 Å². The van der Waals surface area contributed by atoms with Crippen LogP contribution < -0.4 is 15.0 Å². The molecule has 0 aliphatic carbocycles. The number of carbonyl (C=O) groups excluding carboxylic acids is 1. The van der Waals surface area contributed by atoms with Gasteiger partial charge >= 0.3 is 0 Å². The highest BCUT2D eigenvalue weighted by atomic mass is 19.1. The van der Waals surface area contributed by atoms with Gasteiger partial charge in [0.25, 0.3) is 0 Å². The Bertz CT molecular complexity index is 2310. The normalized spacial score (nSPS) is 21.1. The summed E-state index contributed by atoms with van der Waals surface area (Å²) in [4.78, 5) is 39.4. The lowest BCUT2D eigenvalue weighted by Crippen LogP contribution is -2.45. The summed E-state index contributed by atoms with van der Waals surface area (Å²) < 4.78 is 30.4. The molecular weight excluding hydrogens is 677 g/mol. The number of para-hydroxylation sites is 1. The van der Waals surface area contributed by atoms with E-state index in [0.29, 0.717) is 61.0 Å². The number of rotatable bonds is 5. The Hall–Kier alpha value is -5.67. The molecule has 1 N–H and O–H groups in total. The molecule has 14 nitrogen and oxygen atoms in total. The first kappa shape index (κ1) is 33.2. The van der Waals surface area contributed by atoms with Crippen LogP contribution >= 0.6 is 0 Å². The summed E-state index contributed by atoms with van der Waals surface area (Å²) in [5, 5.41) is 8.99. The minimum atomic E-state index is -0.497. The number of carbonyl (C=O) groups is 1. The monoisotopic (exact) mass is 717 g/mol. The van der Waals surface area contributed by atoms with Gasteiger partial charge in [0.15, 0.2) is 5.65 Å². The zero-order chi connectivity index (χ0) is 36.1. The standard InChI is InChI=1S/C38H40FN11O3/c1-46-14-15-52-26(20-46)21-53-33-16-24(39)10-11-31(33)50-37-28(18-43-50)36(40-22-41-37)49-19-25-17-32(49)38(51)47(2)12-5-13-48-23-42-30-8-3-6-27(35(30)48)29-7-4-9-34(44-25)45-29/h3-4,6-11,16,18,22-23,25-26,32H,5,12-15,17,19-21H2,1-2H3,(H,44,45)/t25-,26?,32-/m0/s1. The topological polar surface area (TPSA) is 132 Å². The number of amides is 1. The Morgan fingerprint density at radius 3 is 2.83 bits per heavy atom. The van der Waals surface area contributed by atoms with Gasteiger partial charge in [-0.1, -0.05) is 18.2 Å². The lowest BCUT2D eigenvalue weighted by atomic mass is 10.1. The molecule has 15 heteroatoms. The van der Waals surface area contributed by atoms with Crippen molar-refractivity contribution in [2.45, 2.75) is 37.6 Å². The number of halogens is 1. The van der Waals surface area contributed by atoms with E-state index in [-0.39, 0.29) is 24.7 Å². The number of anilines is 2. The molecule has 53 heavy (non-hydrogen) atoms. The Kier molecular flexibility index (Phi) is 8.58. The lowest BCUT2D eigenvalue weighted by Gasteiger charge is -2.30. The maximum Gasteiger partial charge on any atom is 0.245 e. The molecule has 0 saturated carbocycles. The van der Waals surface area contributed by atoms with Crippen LogP contribution in [0.2, 0.25) is 0 Å². The van der Waals surface area contributed by atoms with Crippen LogP contribution in [0.25, 0.3) is 39.0 Å². The molecule has 7 heterocycles. The van der Waals surface area contributed by atoms with Crippen molar-refractivity contribution in [2.75, 3.05) is 63.7 Å². The zero-order valence-electron chi connectivity index (χ0n) is 29.6. The number of aryl methyl sites for hydroxylation is 1. The molecule has 0 spiro atoms. The first-order chi connectivity index (χ1) is 25.9. The molecule has 0 radical (unpaired) electrons. The fourth-order valence-electron chi connectivity index (χ4n) is 7.79.